The van der Waals surface area contributed by atoms with E-state index in [1.54, 1.807) is 0 Å². The van der Waals surface area contributed by atoms with Gasteiger partial charge in [-0.3, -0.25) is 4.79 Å². The van der Waals surface area contributed by atoms with Crippen molar-refractivity contribution >= 4 is 27.7 Å². The number of halogens is 1. The molecule has 1 heterocycles. The Labute approximate surface area is 128 Å². The monoisotopic (exact) mass is 340 g/mol. The van der Waals surface area contributed by atoms with Crippen molar-refractivity contribution in [3.63, 3.8) is 0 Å². The highest BCUT2D eigenvalue weighted by Gasteiger charge is 2.27. The van der Waals surface area contributed by atoms with Gasteiger partial charge in [0.2, 0.25) is 5.91 Å². The third-order valence-electron chi connectivity index (χ3n) is 3.46. The predicted molar refractivity (Wildman–Crippen MR) is 82.7 cm³/mol. The maximum absolute atomic E-state index is 12.2. The number of hydrogen-bond donors (Lipinski definition) is 1. The van der Waals surface area contributed by atoms with Crippen LogP contribution in [-0.4, -0.2) is 39.9 Å². The smallest absolute Gasteiger partial charge is 0.244 e. The van der Waals surface area contributed by atoms with Crippen molar-refractivity contribution < 1.29 is 4.79 Å². The lowest BCUT2D eigenvalue weighted by Gasteiger charge is -2.23. The highest BCUT2D eigenvalue weighted by Crippen LogP contribution is 2.38. The Bertz CT molecular complexity index is 486. The first kappa shape index (κ1) is 15.2. The van der Waals surface area contributed by atoms with E-state index in [0.29, 0.717) is 11.7 Å². The van der Waals surface area contributed by atoms with Crippen LogP contribution in [0.15, 0.2) is 10.7 Å². The standard InChI is InChI=1S/C14H21BrN4O/c1-4-19(5-2)14(20)9(3)16-12-8-11(15)17-13(18-12)10-6-7-10/h8-10H,4-7H2,1-3H3,(H,16,17,18). The second kappa shape index (κ2) is 6.52. The molecule has 1 saturated carbocycles. The van der Waals surface area contributed by atoms with Crippen LogP contribution in [0.4, 0.5) is 5.82 Å². The zero-order valence-corrected chi connectivity index (χ0v) is 13.8. The summed E-state index contributed by atoms with van der Waals surface area (Å²) in [4.78, 5) is 22.9. The number of nitrogens with zero attached hydrogens (tertiary/aromatic N) is 3. The van der Waals surface area contributed by atoms with Gasteiger partial charge < -0.3 is 10.2 Å². The first-order valence-corrected chi connectivity index (χ1v) is 7.94. The molecular formula is C14H21BrN4O. The minimum absolute atomic E-state index is 0.0951. The Morgan fingerprint density at radius 1 is 1.45 bits per heavy atom. The second-order valence-corrected chi connectivity index (χ2v) is 5.90. The van der Waals surface area contributed by atoms with Gasteiger partial charge in [-0.1, -0.05) is 0 Å². The van der Waals surface area contributed by atoms with Crippen LogP contribution in [0.5, 0.6) is 0 Å². The molecule has 1 unspecified atom stereocenters. The lowest BCUT2D eigenvalue weighted by molar-refractivity contribution is -0.131. The number of nitrogens with one attached hydrogen (secondary N) is 1. The minimum Gasteiger partial charge on any atom is -0.358 e. The van der Waals surface area contributed by atoms with Gasteiger partial charge in [-0.15, -0.1) is 0 Å². The Balaban J connectivity index is 2.07. The summed E-state index contributed by atoms with van der Waals surface area (Å²) >= 11 is 3.41. The maximum atomic E-state index is 12.2. The van der Waals surface area contributed by atoms with Gasteiger partial charge in [-0.05, 0) is 49.5 Å². The molecule has 110 valence electrons. The van der Waals surface area contributed by atoms with E-state index in [2.05, 4.69) is 31.2 Å². The fourth-order valence-corrected chi connectivity index (χ4v) is 2.52. The predicted octanol–water partition coefficient (Wildman–Crippen LogP) is 2.79. The summed E-state index contributed by atoms with van der Waals surface area (Å²) in [5, 5.41) is 3.18. The SMILES string of the molecule is CCN(CC)C(=O)C(C)Nc1cc(Br)nc(C2CC2)n1. The molecule has 1 aliphatic carbocycles. The molecule has 0 bridgehead atoms. The zero-order valence-electron chi connectivity index (χ0n) is 12.2. The first-order chi connectivity index (χ1) is 9.55. The molecule has 1 aromatic heterocycles. The zero-order chi connectivity index (χ0) is 14.7. The van der Waals surface area contributed by atoms with Gasteiger partial charge in [0.05, 0.1) is 0 Å². The van der Waals surface area contributed by atoms with E-state index < -0.39 is 0 Å². The molecule has 1 aliphatic rings. The van der Waals surface area contributed by atoms with E-state index in [9.17, 15) is 4.79 Å². The van der Waals surface area contributed by atoms with Crippen LogP contribution < -0.4 is 5.32 Å². The molecule has 1 atom stereocenters. The van der Waals surface area contributed by atoms with Gasteiger partial charge in [0.15, 0.2) is 0 Å². The van der Waals surface area contributed by atoms with Crippen molar-refractivity contribution in [1.29, 1.82) is 0 Å². The largest absolute Gasteiger partial charge is 0.358 e. The molecule has 0 saturated heterocycles. The molecule has 0 spiro atoms. The molecular weight excluding hydrogens is 320 g/mol. The summed E-state index contributed by atoms with van der Waals surface area (Å²) in [5.41, 5.74) is 0. The van der Waals surface area contributed by atoms with Gasteiger partial charge >= 0.3 is 0 Å². The summed E-state index contributed by atoms with van der Waals surface area (Å²) in [6, 6.07) is 1.53. The maximum Gasteiger partial charge on any atom is 0.244 e. The number of carbonyl (C=O) groups is 1. The molecule has 6 heteroatoms. The Morgan fingerprint density at radius 3 is 2.65 bits per heavy atom. The molecule has 2 rings (SSSR count). The number of rotatable bonds is 6. The Morgan fingerprint density at radius 2 is 2.10 bits per heavy atom. The Hall–Kier alpha value is -1.17. The van der Waals surface area contributed by atoms with Gasteiger partial charge in [0, 0.05) is 25.1 Å². The molecule has 1 aromatic rings. The van der Waals surface area contributed by atoms with Crippen LogP contribution in [0.25, 0.3) is 0 Å². The van der Waals surface area contributed by atoms with Crippen LogP contribution >= 0.6 is 15.9 Å². The summed E-state index contributed by atoms with van der Waals surface area (Å²) < 4.78 is 0.763. The number of hydrogen-bond acceptors (Lipinski definition) is 4. The van der Waals surface area contributed by atoms with E-state index in [-0.39, 0.29) is 11.9 Å². The quantitative estimate of drug-likeness (QED) is 0.809. The third kappa shape index (κ3) is 3.69. The number of carbonyl (C=O) groups excluding carboxylic acids is 1. The highest BCUT2D eigenvalue weighted by atomic mass is 79.9. The first-order valence-electron chi connectivity index (χ1n) is 7.15. The highest BCUT2D eigenvalue weighted by molar-refractivity contribution is 9.10. The van der Waals surface area contributed by atoms with Gasteiger partial charge in [0.25, 0.3) is 0 Å². The van der Waals surface area contributed by atoms with E-state index in [0.717, 1.165) is 36.4 Å². The van der Waals surface area contributed by atoms with Crippen LogP contribution in [0.3, 0.4) is 0 Å². The number of aromatic nitrogens is 2. The van der Waals surface area contributed by atoms with Crippen LogP contribution in [0.1, 0.15) is 45.4 Å². The number of anilines is 1. The normalized spacial score (nSPS) is 15.8. The number of amides is 1. The van der Waals surface area contributed by atoms with Crippen molar-refractivity contribution in [2.45, 2.75) is 45.6 Å². The molecule has 5 nitrogen and oxygen atoms in total. The van der Waals surface area contributed by atoms with Crippen molar-refractivity contribution in [2.75, 3.05) is 18.4 Å². The fraction of sp³-hybridized carbons (Fsp3) is 0.643. The lowest BCUT2D eigenvalue weighted by Crippen LogP contribution is -2.41. The number of likely N-dealkylation sites (N-methyl/N-ethyl adjacent to an activating group) is 1. The van der Waals surface area contributed by atoms with E-state index in [4.69, 9.17) is 0 Å². The fourth-order valence-electron chi connectivity index (χ4n) is 2.13. The van der Waals surface area contributed by atoms with Crippen LogP contribution in [0.2, 0.25) is 0 Å². The Kier molecular flexibility index (Phi) is 4.96. The minimum atomic E-state index is -0.288. The van der Waals surface area contributed by atoms with Gasteiger partial charge in [-0.25, -0.2) is 9.97 Å². The van der Waals surface area contributed by atoms with E-state index in [1.807, 2.05) is 31.7 Å². The molecule has 0 aliphatic heterocycles. The second-order valence-electron chi connectivity index (χ2n) is 5.08. The van der Waals surface area contributed by atoms with Crippen LogP contribution in [-0.2, 0) is 4.79 Å². The summed E-state index contributed by atoms with van der Waals surface area (Å²) in [6.45, 7) is 7.29. The average molecular weight is 341 g/mol. The van der Waals surface area contributed by atoms with Gasteiger partial charge in [-0.2, -0.15) is 0 Å². The third-order valence-corrected chi connectivity index (χ3v) is 3.87. The van der Waals surface area contributed by atoms with Crippen molar-refractivity contribution in [3.8, 4) is 0 Å². The topological polar surface area (TPSA) is 58.1 Å². The summed E-state index contributed by atoms with van der Waals surface area (Å²) in [5.74, 6) is 2.16. The van der Waals surface area contributed by atoms with Crippen molar-refractivity contribution in [1.82, 2.24) is 14.9 Å². The molecule has 0 radical (unpaired) electrons. The van der Waals surface area contributed by atoms with E-state index >= 15 is 0 Å². The molecule has 1 amide bonds. The van der Waals surface area contributed by atoms with E-state index in [1.165, 1.54) is 0 Å². The van der Waals surface area contributed by atoms with Gasteiger partial charge in [0.1, 0.15) is 22.3 Å². The average Bonchev–Trinajstić information content (AvgIpc) is 3.23. The summed E-state index contributed by atoms with van der Waals surface area (Å²) in [7, 11) is 0. The summed E-state index contributed by atoms with van der Waals surface area (Å²) in [6.07, 6.45) is 2.31. The lowest BCUT2D eigenvalue weighted by atomic mass is 10.2. The molecule has 1 N–H and O–H groups in total. The molecule has 1 fully saturated rings. The van der Waals surface area contributed by atoms with Crippen LogP contribution in [0, 0.1) is 0 Å². The van der Waals surface area contributed by atoms with Crippen molar-refractivity contribution in [3.05, 3.63) is 16.5 Å². The molecule has 0 aromatic carbocycles. The molecule has 20 heavy (non-hydrogen) atoms. The van der Waals surface area contributed by atoms with Crippen molar-refractivity contribution in [2.24, 2.45) is 0 Å².